The third kappa shape index (κ3) is 3.85. The van der Waals surface area contributed by atoms with E-state index in [0.717, 1.165) is 11.0 Å². The van der Waals surface area contributed by atoms with Gasteiger partial charge in [-0.15, -0.1) is 0 Å². The molecular formula is C17H18BrFN2O2S. The number of halogens is 2. The van der Waals surface area contributed by atoms with Gasteiger partial charge in [0.1, 0.15) is 10.7 Å². The molecule has 0 aliphatic carbocycles. The largest absolute Gasteiger partial charge is 0.296 e. The SMILES string of the molecule is O=S(=O)(c1ccccc1F)N1CCN(Cc2ccc(Br)cc2)CC1. The van der Waals surface area contributed by atoms with Crippen molar-refractivity contribution in [2.45, 2.75) is 11.4 Å². The number of benzene rings is 2. The molecule has 24 heavy (non-hydrogen) atoms. The van der Waals surface area contributed by atoms with Crippen LogP contribution < -0.4 is 0 Å². The Bertz CT molecular complexity index is 804. The lowest BCUT2D eigenvalue weighted by molar-refractivity contribution is 0.181. The quantitative estimate of drug-likeness (QED) is 0.774. The molecule has 0 amide bonds. The van der Waals surface area contributed by atoms with Crippen LogP contribution in [0.4, 0.5) is 4.39 Å². The molecule has 0 unspecified atom stereocenters. The first-order valence-electron chi connectivity index (χ1n) is 7.68. The third-order valence-corrected chi connectivity index (χ3v) is 6.57. The highest BCUT2D eigenvalue weighted by Gasteiger charge is 2.30. The molecule has 0 aromatic heterocycles. The van der Waals surface area contributed by atoms with E-state index in [9.17, 15) is 12.8 Å². The van der Waals surface area contributed by atoms with Gasteiger partial charge in [-0.25, -0.2) is 12.8 Å². The van der Waals surface area contributed by atoms with Gasteiger partial charge in [-0.1, -0.05) is 40.2 Å². The molecule has 128 valence electrons. The Morgan fingerprint density at radius 2 is 1.58 bits per heavy atom. The Balaban J connectivity index is 1.64. The summed E-state index contributed by atoms with van der Waals surface area (Å²) in [4.78, 5) is 1.96. The molecule has 3 rings (SSSR count). The second-order valence-corrected chi connectivity index (χ2v) is 8.56. The molecule has 1 aliphatic rings. The molecule has 1 aliphatic heterocycles. The summed E-state index contributed by atoms with van der Waals surface area (Å²) in [5, 5.41) is 0. The van der Waals surface area contributed by atoms with Gasteiger partial charge in [0.25, 0.3) is 0 Å². The summed E-state index contributed by atoms with van der Waals surface area (Å²) in [6.07, 6.45) is 0. The summed E-state index contributed by atoms with van der Waals surface area (Å²) in [6.45, 7) is 2.77. The molecule has 0 spiro atoms. The summed E-state index contributed by atoms with van der Waals surface area (Å²) in [6, 6.07) is 13.6. The highest BCUT2D eigenvalue weighted by atomic mass is 79.9. The maximum absolute atomic E-state index is 13.8. The fourth-order valence-corrected chi connectivity index (χ4v) is 4.52. The smallest absolute Gasteiger partial charge is 0.246 e. The van der Waals surface area contributed by atoms with Gasteiger partial charge in [-0.2, -0.15) is 4.31 Å². The summed E-state index contributed by atoms with van der Waals surface area (Å²) >= 11 is 3.41. The van der Waals surface area contributed by atoms with Gasteiger partial charge < -0.3 is 0 Å². The van der Waals surface area contributed by atoms with Crippen LogP contribution in [-0.4, -0.2) is 43.8 Å². The molecule has 0 bridgehead atoms. The predicted molar refractivity (Wildman–Crippen MR) is 94.6 cm³/mol. The van der Waals surface area contributed by atoms with E-state index < -0.39 is 15.8 Å². The van der Waals surface area contributed by atoms with Crippen molar-refractivity contribution >= 4 is 26.0 Å². The van der Waals surface area contributed by atoms with Gasteiger partial charge in [-0.05, 0) is 29.8 Å². The molecule has 1 fully saturated rings. The van der Waals surface area contributed by atoms with E-state index in [1.807, 2.05) is 24.3 Å². The number of hydrogen-bond acceptors (Lipinski definition) is 3. The molecule has 0 saturated carbocycles. The van der Waals surface area contributed by atoms with E-state index in [2.05, 4.69) is 20.8 Å². The zero-order valence-electron chi connectivity index (χ0n) is 13.0. The number of rotatable bonds is 4. The second-order valence-electron chi connectivity index (χ2n) is 5.74. The van der Waals surface area contributed by atoms with E-state index >= 15 is 0 Å². The lowest BCUT2D eigenvalue weighted by Crippen LogP contribution is -2.48. The Labute approximate surface area is 150 Å². The zero-order chi connectivity index (χ0) is 17.2. The molecule has 1 saturated heterocycles. The predicted octanol–water partition coefficient (Wildman–Crippen LogP) is 3.09. The van der Waals surface area contributed by atoms with Gasteiger partial charge in [0, 0.05) is 37.2 Å². The lowest BCUT2D eigenvalue weighted by Gasteiger charge is -2.34. The summed E-state index contributed by atoms with van der Waals surface area (Å²) < 4.78 is 41.4. The van der Waals surface area contributed by atoms with Gasteiger partial charge in [-0.3, -0.25) is 4.90 Å². The summed E-state index contributed by atoms with van der Waals surface area (Å²) in [5.41, 5.74) is 1.18. The van der Waals surface area contributed by atoms with Crippen molar-refractivity contribution in [1.29, 1.82) is 0 Å². The van der Waals surface area contributed by atoms with E-state index in [4.69, 9.17) is 0 Å². The van der Waals surface area contributed by atoms with Gasteiger partial charge >= 0.3 is 0 Å². The number of sulfonamides is 1. The first-order chi connectivity index (χ1) is 11.5. The molecule has 0 N–H and O–H groups in total. The molecule has 7 heteroatoms. The van der Waals surface area contributed by atoms with Crippen molar-refractivity contribution in [3.8, 4) is 0 Å². The van der Waals surface area contributed by atoms with Crippen molar-refractivity contribution in [2.24, 2.45) is 0 Å². The van der Waals surface area contributed by atoms with Crippen LogP contribution in [0.2, 0.25) is 0 Å². The number of piperazine rings is 1. The van der Waals surface area contributed by atoms with Crippen molar-refractivity contribution in [2.75, 3.05) is 26.2 Å². The van der Waals surface area contributed by atoms with Crippen molar-refractivity contribution in [1.82, 2.24) is 9.21 Å². The second kappa shape index (κ2) is 7.31. The highest BCUT2D eigenvalue weighted by Crippen LogP contribution is 2.21. The number of hydrogen-bond donors (Lipinski definition) is 0. The van der Waals surface area contributed by atoms with Crippen LogP contribution in [0, 0.1) is 5.82 Å². The van der Waals surface area contributed by atoms with Crippen molar-refractivity contribution in [3.63, 3.8) is 0 Å². The maximum atomic E-state index is 13.8. The molecule has 2 aromatic rings. The molecule has 1 heterocycles. The minimum absolute atomic E-state index is 0.244. The first kappa shape index (κ1) is 17.5. The molecule has 2 aromatic carbocycles. The zero-order valence-corrected chi connectivity index (χ0v) is 15.4. The normalized spacial score (nSPS) is 17.1. The average molecular weight is 413 g/mol. The molecule has 4 nitrogen and oxygen atoms in total. The minimum Gasteiger partial charge on any atom is -0.296 e. The van der Waals surface area contributed by atoms with Crippen LogP contribution >= 0.6 is 15.9 Å². The van der Waals surface area contributed by atoms with Crippen LogP contribution in [0.3, 0.4) is 0 Å². The monoisotopic (exact) mass is 412 g/mol. The van der Waals surface area contributed by atoms with Gasteiger partial charge in [0.05, 0.1) is 0 Å². The van der Waals surface area contributed by atoms with Gasteiger partial charge in [0.2, 0.25) is 10.0 Å². The van der Waals surface area contributed by atoms with Crippen LogP contribution in [0.25, 0.3) is 0 Å². The Morgan fingerprint density at radius 1 is 0.958 bits per heavy atom. The van der Waals surface area contributed by atoms with E-state index in [0.29, 0.717) is 26.2 Å². The fourth-order valence-electron chi connectivity index (χ4n) is 2.77. The number of nitrogens with zero attached hydrogens (tertiary/aromatic N) is 2. The van der Waals surface area contributed by atoms with Gasteiger partial charge in [0.15, 0.2) is 0 Å². The molecule has 0 atom stereocenters. The van der Waals surface area contributed by atoms with Crippen LogP contribution in [0.1, 0.15) is 5.56 Å². The topological polar surface area (TPSA) is 40.6 Å². The van der Waals surface area contributed by atoms with E-state index in [1.165, 1.54) is 28.1 Å². The van der Waals surface area contributed by atoms with Crippen LogP contribution in [0.15, 0.2) is 57.9 Å². The molecular weight excluding hydrogens is 395 g/mol. The average Bonchev–Trinajstić information content (AvgIpc) is 2.58. The lowest BCUT2D eigenvalue weighted by atomic mass is 10.2. The fraction of sp³-hybridized carbons (Fsp3) is 0.294. The Hall–Kier alpha value is -1.28. The summed E-state index contributed by atoms with van der Waals surface area (Å²) in [7, 11) is -3.77. The van der Waals surface area contributed by atoms with Crippen molar-refractivity contribution in [3.05, 3.63) is 64.4 Å². The minimum atomic E-state index is -3.77. The standard InChI is InChI=1S/C17H18BrFN2O2S/c18-15-7-5-14(6-8-15)13-20-9-11-21(12-10-20)24(22,23)17-4-2-1-3-16(17)19/h1-8H,9-13H2. The Morgan fingerprint density at radius 3 is 2.21 bits per heavy atom. The van der Waals surface area contributed by atoms with Crippen LogP contribution in [-0.2, 0) is 16.6 Å². The third-order valence-electron chi connectivity index (χ3n) is 4.11. The Kier molecular flexibility index (Phi) is 5.34. The van der Waals surface area contributed by atoms with E-state index in [-0.39, 0.29) is 4.90 Å². The highest BCUT2D eigenvalue weighted by molar-refractivity contribution is 9.10. The van der Waals surface area contributed by atoms with Crippen LogP contribution in [0.5, 0.6) is 0 Å². The summed E-state index contributed by atoms with van der Waals surface area (Å²) in [5.74, 6) is -0.699. The maximum Gasteiger partial charge on any atom is 0.246 e. The van der Waals surface area contributed by atoms with E-state index in [1.54, 1.807) is 6.07 Å². The first-order valence-corrected chi connectivity index (χ1v) is 9.91. The molecule has 0 radical (unpaired) electrons. The van der Waals surface area contributed by atoms with Crippen molar-refractivity contribution < 1.29 is 12.8 Å².